The molecule has 0 unspecified atom stereocenters. The van der Waals surface area contributed by atoms with Gasteiger partial charge in [-0.25, -0.2) is 4.79 Å². The van der Waals surface area contributed by atoms with E-state index in [1.54, 1.807) is 0 Å². The van der Waals surface area contributed by atoms with E-state index in [9.17, 15) is 9.59 Å². The van der Waals surface area contributed by atoms with Gasteiger partial charge in [-0.3, -0.25) is 9.69 Å². The molecule has 3 N–H and O–H groups in total. The van der Waals surface area contributed by atoms with Crippen LogP contribution in [-0.4, -0.2) is 83.7 Å². The first-order valence-corrected chi connectivity index (χ1v) is 7.30. The zero-order chi connectivity index (χ0) is 14.5. The third kappa shape index (κ3) is 4.08. The minimum Gasteiger partial charge on any atom is -0.480 e. The molecular weight excluding hydrogens is 260 g/mol. The van der Waals surface area contributed by atoms with Crippen LogP contribution in [-0.2, 0) is 4.79 Å². The molecule has 0 aliphatic carbocycles. The van der Waals surface area contributed by atoms with E-state index >= 15 is 0 Å². The summed E-state index contributed by atoms with van der Waals surface area (Å²) in [6.45, 7) is 4.20. The normalized spacial score (nSPS) is 22.6. The molecule has 2 aliphatic heterocycles. The lowest BCUT2D eigenvalue weighted by atomic mass is 10.1. The van der Waals surface area contributed by atoms with Gasteiger partial charge >= 0.3 is 12.0 Å². The molecule has 0 saturated carbocycles. The van der Waals surface area contributed by atoms with E-state index in [0.29, 0.717) is 19.6 Å². The highest BCUT2D eigenvalue weighted by atomic mass is 16.4. The van der Waals surface area contributed by atoms with Gasteiger partial charge in [-0.2, -0.15) is 0 Å². The molecule has 20 heavy (non-hydrogen) atoms. The number of likely N-dealkylation sites (tertiary alicyclic amines) is 1. The summed E-state index contributed by atoms with van der Waals surface area (Å²) < 4.78 is 0. The van der Waals surface area contributed by atoms with E-state index in [0.717, 1.165) is 38.9 Å². The quantitative estimate of drug-likeness (QED) is 0.721. The van der Waals surface area contributed by atoms with Crippen molar-refractivity contribution >= 4 is 12.0 Å². The average Bonchev–Trinajstić information content (AvgIpc) is 2.64. The van der Waals surface area contributed by atoms with Crippen LogP contribution in [0.2, 0.25) is 0 Å². The molecule has 0 bridgehead atoms. The Hall–Kier alpha value is -1.34. The maximum atomic E-state index is 12.4. The van der Waals surface area contributed by atoms with Crippen molar-refractivity contribution in [3.8, 4) is 0 Å². The van der Waals surface area contributed by atoms with Crippen LogP contribution in [0.3, 0.4) is 0 Å². The van der Waals surface area contributed by atoms with E-state index < -0.39 is 5.97 Å². The zero-order valence-corrected chi connectivity index (χ0v) is 11.8. The van der Waals surface area contributed by atoms with Crippen LogP contribution in [0.1, 0.15) is 19.3 Å². The van der Waals surface area contributed by atoms with Crippen LogP contribution in [0.15, 0.2) is 0 Å². The van der Waals surface area contributed by atoms with Gasteiger partial charge < -0.3 is 20.6 Å². The van der Waals surface area contributed by atoms with Crippen LogP contribution in [0.25, 0.3) is 0 Å². The summed E-state index contributed by atoms with van der Waals surface area (Å²) >= 11 is 0. The van der Waals surface area contributed by atoms with E-state index in [2.05, 4.69) is 0 Å². The molecule has 0 spiro atoms. The number of amides is 2. The van der Waals surface area contributed by atoms with E-state index in [1.165, 1.54) is 0 Å². The maximum Gasteiger partial charge on any atom is 0.320 e. The Morgan fingerprint density at radius 2 is 1.65 bits per heavy atom. The molecule has 2 aliphatic rings. The second kappa shape index (κ2) is 6.90. The lowest BCUT2D eigenvalue weighted by Gasteiger charge is -2.34. The Morgan fingerprint density at radius 1 is 1.00 bits per heavy atom. The van der Waals surface area contributed by atoms with Gasteiger partial charge in [0.15, 0.2) is 0 Å². The molecule has 7 heteroatoms. The number of carboxylic acids is 1. The Kier molecular flexibility index (Phi) is 5.19. The van der Waals surface area contributed by atoms with Crippen LogP contribution in [0, 0.1) is 0 Å². The maximum absolute atomic E-state index is 12.4. The molecule has 2 rings (SSSR count). The number of aliphatic carboxylic acids is 1. The zero-order valence-electron chi connectivity index (χ0n) is 11.8. The molecule has 2 amide bonds. The number of hydrogen-bond donors (Lipinski definition) is 2. The van der Waals surface area contributed by atoms with Crippen LogP contribution >= 0.6 is 0 Å². The summed E-state index contributed by atoms with van der Waals surface area (Å²) in [6, 6.07) is 0.295. The number of rotatable bonds is 2. The van der Waals surface area contributed by atoms with Crippen molar-refractivity contribution in [1.82, 2.24) is 14.7 Å². The molecule has 7 nitrogen and oxygen atoms in total. The first-order valence-electron chi connectivity index (χ1n) is 7.30. The summed E-state index contributed by atoms with van der Waals surface area (Å²) in [6.07, 6.45) is 2.56. The predicted octanol–water partition coefficient (Wildman–Crippen LogP) is -0.378. The number of carbonyl (C=O) groups excluding carboxylic acids is 1. The molecule has 0 aromatic rings. The molecule has 2 saturated heterocycles. The van der Waals surface area contributed by atoms with Crippen LogP contribution in [0.4, 0.5) is 4.79 Å². The van der Waals surface area contributed by atoms with E-state index in [-0.39, 0.29) is 18.6 Å². The van der Waals surface area contributed by atoms with Gasteiger partial charge in [-0.1, -0.05) is 0 Å². The number of hydrogen-bond acceptors (Lipinski definition) is 4. The van der Waals surface area contributed by atoms with Crippen molar-refractivity contribution < 1.29 is 14.7 Å². The van der Waals surface area contributed by atoms with Crippen LogP contribution < -0.4 is 5.73 Å². The van der Waals surface area contributed by atoms with Gasteiger partial charge in [0, 0.05) is 45.3 Å². The molecule has 2 heterocycles. The smallest absolute Gasteiger partial charge is 0.320 e. The average molecular weight is 284 g/mol. The summed E-state index contributed by atoms with van der Waals surface area (Å²) in [4.78, 5) is 28.8. The third-order valence-electron chi connectivity index (χ3n) is 4.03. The summed E-state index contributed by atoms with van der Waals surface area (Å²) in [5.41, 5.74) is 5.85. The Balaban J connectivity index is 1.83. The highest BCUT2D eigenvalue weighted by Gasteiger charge is 2.26. The van der Waals surface area contributed by atoms with Gasteiger partial charge in [0.05, 0.1) is 6.54 Å². The molecule has 0 aromatic carbocycles. The highest BCUT2D eigenvalue weighted by Crippen LogP contribution is 2.12. The van der Waals surface area contributed by atoms with Crippen molar-refractivity contribution in [1.29, 1.82) is 0 Å². The van der Waals surface area contributed by atoms with Crippen molar-refractivity contribution in [2.24, 2.45) is 5.73 Å². The number of carbonyl (C=O) groups is 2. The van der Waals surface area contributed by atoms with E-state index in [4.69, 9.17) is 10.8 Å². The SMILES string of the molecule is NC1CCN(C(=O)N2CCCN(CC(=O)O)CC2)CC1. The van der Waals surface area contributed by atoms with Gasteiger partial charge in [0.25, 0.3) is 0 Å². The number of piperidine rings is 1. The molecule has 0 atom stereocenters. The van der Waals surface area contributed by atoms with Gasteiger partial charge in [0.2, 0.25) is 0 Å². The van der Waals surface area contributed by atoms with Gasteiger partial charge in [-0.05, 0) is 19.3 Å². The number of nitrogens with zero attached hydrogens (tertiary/aromatic N) is 3. The molecule has 0 radical (unpaired) electrons. The van der Waals surface area contributed by atoms with Crippen molar-refractivity contribution in [2.75, 3.05) is 45.8 Å². The fourth-order valence-electron chi connectivity index (χ4n) is 2.80. The first-order chi connectivity index (χ1) is 9.56. The minimum atomic E-state index is -0.810. The second-order valence-electron chi connectivity index (χ2n) is 5.62. The largest absolute Gasteiger partial charge is 0.480 e. The molecule has 0 aromatic heterocycles. The fraction of sp³-hybridized carbons (Fsp3) is 0.846. The Labute approximate surface area is 119 Å². The van der Waals surface area contributed by atoms with Gasteiger partial charge in [0.1, 0.15) is 0 Å². The monoisotopic (exact) mass is 284 g/mol. The van der Waals surface area contributed by atoms with Gasteiger partial charge in [-0.15, -0.1) is 0 Å². The standard InChI is InChI=1S/C13H24N4O3/c14-11-2-6-17(7-3-11)13(20)16-5-1-4-15(8-9-16)10-12(18)19/h11H,1-10,14H2,(H,18,19). The summed E-state index contributed by atoms with van der Waals surface area (Å²) in [5, 5.41) is 8.82. The summed E-state index contributed by atoms with van der Waals surface area (Å²) in [7, 11) is 0. The van der Waals surface area contributed by atoms with E-state index in [1.807, 2.05) is 14.7 Å². The van der Waals surface area contributed by atoms with Crippen molar-refractivity contribution in [3.63, 3.8) is 0 Å². The number of carboxylic acid groups (broad SMARTS) is 1. The second-order valence-corrected chi connectivity index (χ2v) is 5.62. The third-order valence-corrected chi connectivity index (χ3v) is 4.03. The lowest BCUT2D eigenvalue weighted by molar-refractivity contribution is -0.138. The fourth-order valence-corrected chi connectivity index (χ4v) is 2.80. The van der Waals surface area contributed by atoms with Crippen molar-refractivity contribution in [2.45, 2.75) is 25.3 Å². The highest BCUT2D eigenvalue weighted by molar-refractivity contribution is 5.74. The van der Waals surface area contributed by atoms with Crippen LogP contribution in [0.5, 0.6) is 0 Å². The summed E-state index contributed by atoms with van der Waals surface area (Å²) in [5.74, 6) is -0.810. The van der Waals surface area contributed by atoms with Crippen molar-refractivity contribution in [3.05, 3.63) is 0 Å². The minimum absolute atomic E-state index is 0.0561. The predicted molar refractivity (Wildman–Crippen MR) is 74.4 cm³/mol. The topological polar surface area (TPSA) is 90.1 Å². The Morgan fingerprint density at radius 3 is 2.30 bits per heavy atom. The molecule has 2 fully saturated rings. The molecular formula is C13H24N4O3. The molecule has 114 valence electrons. The first kappa shape index (κ1) is 15.1. The lowest BCUT2D eigenvalue weighted by Crippen LogP contribution is -2.49. The number of urea groups is 1. The number of nitrogens with two attached hydrogens (primary N) is 1. The Bertz CT molecular complexity index is 356.